The van der Waals surface area contributed by atoms with Gasteiger partial charge in [-0.3, -0.25) is 4.79 Å². The van der Waals surface area contributed by atoms with Crippen molar-refractivity contribution in [1.29, 1.82) is 0 Å². The Hall–Kier alpha value is -1.37. The first-order valence-corrected chi connectivity index (χ1v) is 7.46. The first kappa shape index (κ1) is 14.6. The highest BCUT2D eigenvalue weighted by atomic mass is 16.5. The summed E-state index contributed by atoms with van der Waals surface area (Å²) in [6, 6.07) is 4.02. The van der Waals surface area contributed by atoms with Crippen molar-refractivity contribution in [3.63, 3.8) is 0 Å². The molecule has 6 heteroatoms. The molecule has 0 spiro atoms. The van der Waals surface area contributed by atoms with E-state index in [1.165, 1.54) is 0 Å². The minimum absolute atomic E-state index is 0.0258. The van der Waals surface area contributed by atoms with Gasteiger partial charge in [0.05, 0.1) is 25.9 Å². The summed E-state index contributed by atoms with van der Waals surface area (Å²) in [4.78, 5) is 16.9. The molecule has 2 atom stereocenters. The molecule has 3 heterocycles. The Morgan fingerprint density at radius 2 is 2.14 bits per heavy atom. The van der Waals surface area contributed by atoms with Crippen molar-refractivity contribution < 1.29 is 14.3 Å². The van der Waals surface area contributed by atoms with Crippen LogP contribution in [0.5, 0.6) is 0 Å². The lowest BCUT2D eigenvalue weighted by molar-refractivity contribution is -0.157. The minimum atomic E-state index is -0.357. The summed E-state index contributed by atoms with van der Waals surface area (Å²) >= 11 is 0. The number of nitrogens with zero attached hydrogens (tertiary/aromatic N) is 3. The third kappa shape index (κ3) is 2.97. The number of hydrogen-bond acceptors (Lipinski definition) is 4. The van der Waals surface area contributed by atoms with Gasteiger partial charge >= 0.3 is 0 Å². The van der Waals surface area contributed by atoms with Crippen LogP contribution >= 0.6 is 0 Å². The summed E-state index contributed by atoms with van der Waals surface area (Å²) in [6.07, 6.45) is 1.64. The van der Waals surface area contributed by atoms with E-state index in [2.05, 4.69) is 4.90 Å². The van der Waals surface area contributed by atoms with Crippen LogP contribution in [0.25, 0.3) is 0 Å². The molecule has 6 nitrogen and oxygen atoms in total. The van der Waals surface area contributed by atoms with Crippen molar-refractivity contribution in [2.75, 3.05) is 46.5 Å². The van der Waals surface area contributed by atoms with Crippen LogP contribution in [0.2, 0.25) is 0 Å². The molecule has 2 aliphatic heterocycles. The summed E-state index contributed by atoms with van der Waals surface area (Å²) in [7, 11) is 4.02. The fraction of sp³-hybridized carbons (Fsp3) is 0.667. The maximum Gasteiger partial charge on any atom is 0.253 e. The average Bonchev–Trinajstić information content (AvgIpc) is 2.92. The van der Waals surface area contributed by atoms with E-state index in [0.717, 1.165) is 12.2 Å². The van der Waals surface area contributed by atoms with Crippen LogP contribution in [-0.4, -0.2) is 72.9 Å². The molecule has 2 saturated heterocycles. The summed E-state index contributed by atoms with van der Waals surface area (Å²) in [5.41, 5.74) is 1.10. The van der Waals surface area contributed by atoms with Gasteiger partial charge in [-0.1, -0.05) is 0 Å². The van der Waals surface area contributed by atoms with Gasteiger partial charge in [0.1, 0.15) is 6.10 Å². The quantitative estimate of drug-likeness (QED) is 0.784. The van der Waals surface area contributed by atoms with Crippen LogP contribution < -0.4 is 0 Å². The van der Waals surface area contributed by atoms with Crippen molar-refractivity contribution in [1.82, 2.24) is 14.4 Å². The van der Waals surface area contributed by atoms with Gasteiger partial charge in [-0.25, -0.2) is 0 Å². The number of carbonyl (C=O) groups is 1. The van der Waals surface area contributed by atoms with E-state index in [0.29, 0.717) is 32.9 Å². The standard InChI is InChI=1S/C15H23N3O3/c1-16-6-9-21-14(10-16)15(19)18-7-8-20-11-13(18)12-4-3-5-17(12)2/h3-5,13-14H,6-11H2,1-2H3/t13-,14-/m0/s1. The van der Waals surface area contributed by atoms with Crippen molar-refractivity contribution in [2.24, 2.45) is 7.05 Å². The normalized spacial score (nSPS) is 27.8. The third-order valence-electron chi connectivity index (χ3n) is 4.28. The highest BCUT2D eigenvalue weighted by Gasteiger charge is 2.35. The second-order valence-corrected chi connectivity index (χ2v) is 5.79. The van der Waals surface area contributed by atoms with Gasteiger partial charge in [0.15, 0.2) is 0 Å². The molecule has 0 aliphatic carbocycles. The largest absolute Gasteiger partial charge is 0.377 e. The molecule has 0 saturated carbocycles. The highest BCUT2D eigenvalue weighted by Crippen LogP contribution is 2.25. The van der Waals surface area contributed by atoms with Crippen LogP contribution in [0, 0.1) is 0 Å². The molecule has 2 aliphatic rings. The molecule has 0 radical (unpaired) electrons. The number of aryl methyl sites for hydroxylation is 1. The number of likely N-dealkylation sites (N-methyl/N-ethyl adjacent to an activating group) is 1. The lowest BCUT2D eigenvalue weighted by Gasteiger charge is -2.39. The molecule has 116 valence electrons. The molecule has 1 aromatic heterocycles. The lowest BCUT2D eigenvalue weighted by atomic mass is 10.1. The molecule has 0 unspecified atom stereocenters. The third-order valence-corrected chi connectivity index (χ3v) is 4.28. The zero-order valence-electron chi connectivity index (χ0n) is 12.7. The van der Waals surface area contributed by atoms with Gasteiger partial charge in [0.2, 0.25) is 0 Å². The summed E-state index contributed by atoms with van der Waals surface area (Å²) in [5, 5.41) is 0. The molecular formula is C15H23N3O3. The fourth-order valence-corrected chi connectivity index (χ4v) is 3.05. The smallest absolute Gasteiger partial charge is 0.253 e. The van der Waals surface area contributed by atoms with E-state index < -0.39 is 0 Å². The molecule has 1 aromatic rings. The van der Waals surface area contributed by atoms with Crippen molar-refractivity contribution in [2.45, 2.75) is 12.1 Å². The number of hydrogen-bond donors (Lipinski definition) is 0. The van der Waals surface area contributed by atoms with E-state index in [-0.39, 0.29) is 18.1 Å². The maximum atomic E-state index is 12.8. The van der Waals surface area contributed by atoms with Crippen LogP contribution in [0.3, 0.4) is 0 Å². The average molecular weight is 293 g/mol. The van der Waals surface area contributed by atoms with E-state index >= 15 is 0 Å². The molecule has 3 rings (SSSR count). The SMILES string of the molecule is CN1CCO[C@H](C(=O)N2CCOC[C@H]2c2cccn2C)C1. The monoisotopic (exact) mass is 293 g/mol. The molecule has 0 aromatic carbocycles. The number of morpholine rings is 2. The van der Waals surface area contributed by atoms with E-state index in [1.807, 2.05) is 41.9 Å². The molecule has 1 amide bonds. The van der Waals surface area contributed by atoms with E-state index in [1.54, 1.807) is 0 Å². The molecule has 21 heavy (non-hydrogen) atoms. The molecular weight excluding hydrogens is 270 g/mol. The Bertz CT molecular complexity index is 502. The first-order valence-electron chi connectivity index (χ1n) is 7.46. The lowest BCUT2D eigenvalue weighted by Crippen LogP contribution is -2.53. The number of aromatic nitrogens is 1. The predicted octanol–water partition coefficient (Wildman–Crippen LogP) is 0.256. The Morgan fingerprint density at radius 1 is 1.29 bits per heavy atom. The van der Waals surface area contributed by atoms with Gasteiger partial charge in [0.25, 0.3) is 5.91 Å². The van der Waals surface area contributed by atoms with E-state index in [4.69, 9.17) is 9.47 Å². The summed E-state index contributed by atoms with van der Waals surface area (Å²) in [5.74, 6) is 0.0797. The molecule has 0 N–H and O–H groups in total. The van der Waals surface area contributed by atoms with Crippen molar-refractivity contribution >= 4 is 5.91 Å². The topological polar surface area (TPSA) is 46.9 Å². The Morgan fingerprint density at radius 3 is 2.86 bits per heavy atom. The van der Waals surface area contributed by atoms with Crippen LogP contribution in [-0.2, 0) is 21.3 Å². The maximum absolute atomic E-state index is 12.8. The zero-order chi connectivity index (χ0) is 14.8. The minimum Gasteiger partial charge on any atom is -0.377 e. The van der Waals surface area contributed by atoms with Crippen LogP contribution in [0.1, 0.15) is 11.7 Å². The summed E-state index contributed by atoms with van der Waals surface area (Å²) < 4.78 is 13.3. The second-order valence-electron chi connectivity index (χ2n) is 5.79. The number of ether oxygens (including phenoxy) is 2. The van der Waals surface area contributed by atoms with Crippen LogP contribution in [0.15, 0.2) is 18.3 Å². The van der Waals surface area contributed by atoms with Gasteiger partial charge in [-0.2, -0.15) is 0 Å². The fourth-order valence-electron chi connectivity index (χ4n) is 3.05. The summed E-state index contributed by atoms with van der Waals surface area (Å²) in [6.45, 7) is 3.93. The van der Waals surface area contributed by atoms with Crippen molar-refractivity contribution in [3.8, 4) is 0 Å². The van der Waals surface area contributed by atoms with Gasteiger partial charge in [0, 0.05) is 38.6 Å². The van der Waals surface area contributed by atoms with Gasteiger partial charge < -0.3 is 23.8 Å². The van der Waals surface area contributed by atoms with Gasteiger partial charge in [-0.05, 0) is 19.2 Å². The van der Waals surface area contributed by atoms with Gasteiger partial charge in [-0.15, -0.1) is 0 Å². The molecule has 2 fully saturated rings. The number of amides is 1. The molecule has 0 bridgehead atoms. The van der Waals surface area contributed by atoms with E-state index in [9.17, 15) is 4.79 Å². The highest BCUT2D eigenvalue weighted by molar-refractivity contribution is 5.82. The second kappa shape index (κ2) is 6.17. The Labute approximate surface area is 125 Å². The number of carbonyl (C=O) groups excluding carboxylic acids is 1. The Balaban J connectivity index is 1.77. The zero-order valence-corrected chi connectivity index (χ0v) is 12.7. The predicted molar refractivity (Wildman–Crippen MR) is 77.9 cm³/mol. The Kier molecular flexibility index (Phi) is 4.28. The number of rotatable bonds is 2. The van der Waals surface area contributed by atoms with Crippen molar-refractivity contribution in [3.05, 3.63) is 24.0 Å². The van der Waals surface area contributed by atoms with Crippen LogP contribution in [0.4, 0.5) is 0 Å². The first-order chi connectivity index (χ1) is 10.2.